The van der Waals surface area contributed by atoms with Crippen molar-refractivity contribution in [2.75, 3.05) is 31.3 Å². The molecule has 0 bridgehead atoms. The lowest BCUT2D eigenvalue weighted by atomic mass is 10.0. The first-order chi connectivity index (χ1) is 17.6. The van der Waals surface area contributed by atoms with Crippen molar-refractivity contribution >= 4 is 43.5 Å². The fourth-order valence-corrected chi connectivity index (χ4v) is 5.28. The maximum atomic E-state index is 13.9. The maximum absolute atomic E-state index is 13.9. The number of halogens is 1. The van der Waals surface area contributed by atoms with Crippen molar-refractivity contribution in [1.82, 2.24) is 10.2 Å². The van der Waals surface area contributed by atoms with E-state index in [1.165, 1.54) is 19.1 Å². The largest absolute Gasteiger partial charge is 0.495 e. The minimum atomic E-state index is -3.87. The molecule has 0 radical (unpaired) electrons. The van der Waals surface area contributed by atoms with Crippen LogP contribution in [0.3, 0.4) is 0 Å². The maximum Gasteiger partial charge on any atom is 0.244 e. The average Bonchev–Trinajstić information content (AvgIpc) is 2.88. The van der Waals surface area contributed by atoms with Gasteiger partial charge in [-0.2, -0.15) is 0 Å². The molecule has 37 heavy (non-hydrogen) atoms. The lowest BCUT2D eigenvalue weighted by molar-refractivity contribution is -0.139. The topological polar surface area (TPSA) is 96.0 Å². The van der Waals surface area contributed by atoms with Gasteiger partial charge in [0, 0.05) is 24.5 Å². The summed E-state index contributed by atoms with van der Waals surface area (Å²) >= 11 is 3.45. The van der Waals surface area contributed by atoms with Gasteiger partial charge in [0.15, 0.2) is 0 Å². The second-order valence-corrected chi connectivity index (χ2v) is 11.2. The monoisotopic (exact) mass is 587 g/mol. The number of para-hydroxylation sites is 2. The van der Waals surface area contributed by atoms with Crippen LogP contribution in [-0.4, -0.2) is 58.1 Å². The predicted octanol–water partition coefficient (Wildman–Crippen LogP) is 3.61. The van der Waals surface area contributed by atoms with Crippen LogP contribution in [0, 0.1) is 0 Å². The molecule has 0 fully saturated rings. The van der Waals surface area contributed by atoms with Gasteiger partial charge in [-0.1, -0.05) is 70.5 Å². The minimum absolute atomic E-state index is 0.104. The third-order valence-electron chi connectivity index (χ3n) is 5.79. The van der Waals surface area contributed by atoms with Crippen molar-refractivity contribution in [2.24, 2.45) is 0 Å². The molecule has 0 saturated carbocycles. The van der Waals surface area contributed by atoms with Crippen LogP contribution in [0.2, 0.25) is 0 Å². The van der Waals surface area contributed by atoms with Crippen LogP contribution in [0.4, 0.5) is 5.69 Å². The summed E-state index contributed by atoms with van der Waals surface area (Å²) in [6.45, 7) is -0.401. The molecule has 0 saturated heterocycles. The van der Waals surface area contributed by atoms with Gasteiger partial charge in [-0.3, -0.25) is 13.9 Å². The highest BCUT2D eigenvalue weighted by molar-refractivity contribution is 9.10. The lowest BCUT2D eigenvalue weighted by Crippen LogP contribution is -2.52. The molecule has 0 aliphatic rings. The number of nitrogens with one attached hydrogen (secondary N) is 1. The number of anilines is 1. The number of carbonyl (C=O) groups excluding carboxylic acids is 2. The Morgan fingerprint density at radius 3 is 2.24 bits per heavy atom. The summed E-state index contributed by atoms with van der Waals surface area (Å²) in [5.41, 5.74) is 1.89. The second kappa shape index (κ2) is 12.7. The molecule has 3 aromatic carbocycles. The van der Waals surface area contributed by atoms with E-state index in [2.05, 4.69) is 21.2 Å². The van der Waals surface area contributed by atoms with Gasteiger partial charge in [-0.25, -0.2) is 8.42 Å². The smallest absolute Gasteiger partial charge is 0.244 e. The number of hydrogen-bond donors (Lipinski definition) is 1. The van der Waals surface area contributed by atoms with Gasteiger partial charge in [0.1, 0.15) is 18.3 Å². The summed E-state index contributed by atoms with van der Waals surface area (Å²) in [5, 5.41) is 2.66. The average molecular weight is 589 g/mol. The fraction of sp³-hybridized carbons (Fsp3) is 0.259. The lowest BCUT2D eigenvalue weighted by Gasteiger charge is -2.33. The first kappa shape index (κ1) is 28.2. The van der Waals surface area contributed by atoms with Gasteiger partial charge < -0.3 is 15.0 Å². The van der Waals surface area contributed by atoms with Gasteiger partial charge in [-0.05, 0) is 35.4 Å². The molecule has 0 aliphatic carbocycles. The van der Waals surface area contributed by atoms with Gasteiger partial charge in [-0.15, -0.1) is 0 Å². The Balaban J connectivity index is 2.05. The van der Waals surface area contributed by atoms with Crippen molar-refractivity contribution < 1.29 is 22.7 Å². The number of hydrogen-bond acceptors (Lipinski definition) is 5. The summed E-state index contributed by atoms with van der Waals surface area (Å²) in [6.07, 6.45) is 1.29. The third kappa shape index (κ3) is 7.56. The van der Waals surface area contributed by atoms with Crippen molar-refractivity contribution in [3.05, 3.63) is 94.5 Å². The predicted molar refractivity (Wildman–Crippen MR) is 148 cm³/mol. The first-order valence-corrected chi connectivity index (χ1v) is 14.2. The Labute approximate surface area is 226 Å². The highest BCUT2D eigenvalue weighted by Gasteiger charge is 2.33. The number of sulfonamides is 1. The van der Waals surface area contributed by atoms with Gasteiger partial charge in [0.25, 0.3) is 0 Å². The molecular weight excluding hydrogens is 558 g/mol. The van der Waals surface area contributed by atoms with Crippen LogP contribution in [0.1, 0.15) is 11.1 Å². The molecule has 0 spiro atoms. The Kier molecular flexibility index (Phi) is 9.71. The molecule has 0 heterocycles. The Morgan fingerprint density at radius 1 is 0.973 bits per heavy atom. The Morgan fingerprint density at radius 2 is 1.62 bits per heavy atom. The number of methoxy groups -OCH3 is 1. The van der Waals surface area contributed by atoms with E-state index in [4.69, 9.17) is 4.74 Å². The summed E-state index contributed by atoms with van der Waals surface area (Å²) in [5.74, 6) is -0.567. The van der Waals surface area contributed by atoms with E-state index in [1.54, 1.807) is 24.3 Å². The first-order valence-electron chi connectivity index (χ1n) is 11.5. The number of carbonyl (C=O) groups is 2. The third-order valence-corrected chi connectivity index (χ3v) is 7.41. The number of amides is 2. The van der Waals surface area contributed by atoms with Crippen LogP contribution in [-0.2, 0) is 32.6 Å². The van der Waals surface area contributed by atoms with Crippen molar-refractivity contribution in [3.8, 4) is 5.75 Å². The van der Waals surface area contributed by atoms with Crippen molar-refractivity contribution in [1.29, 1.82) is 0 Å². The second-order valence-electron chi connectivity index (χ2n) is 8.41. The van der Waals surface area contributed by atoms with E-state index in [1.807, 2.05) is 54.6 Å². The number of rotatable bonds is 11. The van der Waals surface area contributed by atoms with Crippen LogP contribution < -0.4 is 14.4 Å². The van der Waals surface area contributed by atoms with Gasteiger partial charge in [0.05, 0.1) is 19.1 Å². The SMILES string of the molecule is CNC(=O)[C@H](Cc1ccccc1)N(Cc1cccc(Br)c1)C(=O)CN(c1ccccc1OC)S(C)(=O)=O. The van der Waals surface area contributed by atoms with E-state index >= 15 is 0 Å². The standard InChI is InChI=1S/C27H30BrN3O5S/c1-29-27(33)24(17-20-10-5-4-6-11-20)30(18-21-12-9-13-22(28)16-21)26(32)19-31(37(3,34)35)23-14-7-8-15-25(23)36-2/h4-16,24H,17-19H2,1-3H3,(H,29,33)/t24-/m0/s1. The van der Waals surface area contributed by atoms with Crippen molar-refractivity contribution in [3.63, 3.8) is 0 Å². The fourth-order valence-electron chi connectivity index (χ4n) is 3.98. The molecule has 1 atom stereocenters. The summed E-state index contributed by atoms with van der Waals surface area (Å²) in [4.78, 5) is 28.4. The van der Waals surface area contributed by atoms with Crippen LogP contribution >= 0.6 is 15.9 Å². The summed E-state index contributed by atoms with van der Waals surface area (Å²) in [7, 11) is -0.925. The Hall–Kier alpha value is -3.37. The molecule has 3 rings (SSSR count). The molecule has 2 amide bonds. The molecule has 3 aromatic rings. The zero-order valence-corrected chi connectivity index (χ0v) is 23.3. The number of ether oxygens (including phenoxy) is 1. The van der Waals surface area contributed by atoms with Gasteiger partial charge in [0.2, 0.25) is 21.8 Å². The zero-order chi connectivity index (χ0) is 27.0. The number of nitrogens with zero attached hydrogens (tertiary/aromatic N) is 2. The molecule has 10 heteroatoms. The Bertz CT molecular complexity index is 1330. The van der Waals surface area contributed by atoms with E-state index in [0.29, 0.717) is 5.75 Å². The van der Waals surface area contributed by atoms with Crippen LogP contribution in [0.25, 0.3) is 0 Å². The summed E-state index contributed by atoms with van der Waals surface area (Å²) < 4.78 is 32.8. The normalized spacial score (nSPS) is 11.9. The van der Waals surface area contributed by atoms with Crippen LogP contribution in [0.15, 0.2) is 83.3 Å². The van der Waals surface area contributed by atoms with Crippen LogP contribution in [0.5, 0.6) is 5.75 Å². The molecule has 0 aromatic heterocycles. The zero-order valence-electron chi connectivity index (χ0n) is 20.9. The van der Waals surface area contributed by atoms with Crippen molar-refractivity contribution in [2.45, 2.75) is 19.0 Å². The highest BCUT2D eigenvalue weighted by atomic mass is 79.9. The number of likely N-dealkylation sites (N-methyl/N-ethyl adjacent to an activating group) is 1. The number of benzene rings is 3. The highest BCUT2D eigenvalue weighted by Crippen LogP contribution is 2.30. The van der Waals surface area contributed by atoms with E-state index in [9.17, 15) is 18.0 Å². The van der Waals surface area contributed by atoms with E-state index in [-0.39, 0.29) is 24.6 Å². The summed E-state index contributed by atoms with van der Waals surface area (Å²) in [6, 6.07) is 22.5. The molecule has 0 unspecified atom stereocenters. The van der Waals surface area contributed by atoms with E-state index < -0.39 is 28.5 Å². The molecule has 8 nitrogen and oxygen atoms in total. The van der Waals surface area contributed by atoms with E-state index in [0.717, 1.165) is 26.2 Å². The quantitative estimate of drug-likeness (QED) is 0.370. The molecular formula is C27H30BrN3O5S. The molecule has 1 N–H and O–H groups in total. The molecule has 196 valence electrons. The minimum Gasteiger partial charge on any atom is -0.495 e. The van der Waals surface area contributed by atoms with Gasteiger partial charge >= 0.3 is 0 Å². The molecule has 0 aliphatic heterocycles.